The molecule has 0 fully saturated rings. The number of nitro groups is 1. The maximum atomic E-state index is 13.8. The van der Waals surface area contributed by atoms with Gasteiger partial charge in [0.05, 0.1) is 17.7 Å². The van der Waals surface area contributed by atoms with Crippen LogP contribution in [0.5, 0.6) is 17.2 Å². The number of ether oxygens (including phenoxy) is 3. The Balaban J connectivity index is 1.50. The SMILES string of the molecule is COc1cc(C=O)c(N(CC2Cc3ccccc3CN2C)C(=O)Oc2ccc([N+](=O)[O-])cc2)cc1OCc1ccccc1. The van der Waals surface area contributed by atoms with Crippen molar-refractivity contribution in [1.29, 1.82) is 0 Å². The molecule has 0 spiro atoms. The Morgan fingerprint density at radius 3 is 2.37 bits per heavy atom. The summed E-state index contributed by atoms with van der Waals surface area (Å²) in [5.41, 5.74) is 3.71. The number of hydrogen-bond acceptors (Lipinski definition) is 8. The molecule has 1 atom stereocenters. The number of likely N-dealkylation sites (N-methyl/N-ethyl adjacent to an activating group) is 1. The first-order valence-electron chi connectivity index (χ1n) is 13.7. The topological polar surface area (TPSA) is 111 Å². The molecular formula is C33H31N3O7. The molecule has 5 rings (SSSR count). The summed E-state index contributed by atoms with van der Waals surface area (Å²) >= 11 is 0. The second-order valence-corrected chi connectivity index (χ2v) is 10.2. The van der Waals surface area contributed by atoms with Crippen LogP contribution in [-0.2, 0) is 19.6 Å². The number of fused-ring (bicyclic) bond motifs is 1. The second kappa shape index (κ2) is 13.2. The number of anilines is 1. The molecule has 1 amide bonds. The predicted octanol–water partition coefficient (Wildman–Crippen LogP) is 6.06. The van der Waals surface area contributed by atoms with Gasteiger partial charge in [0.2, 0.25) is 0 Å². The molecule has 0 saturated carbocycles. The first-order valence-corrected chi connectivity index (χ1v) is 13.7. The summed E-state index contributed by atoms with van der Waals surface area (Å²) < 4.78 is 17.3. The number of nitrogens with zero attached hydrogens (tertiary/aromatic N) is 3. The van der Waals surface area contributed by atoms with Crippen molar-refractivity contribution in [3.8, 4) is 17.2 Å². The maximum Gasteiger partial charge on any atom is 0.419 e. The van der Waals surface area contributed by atoms with Crippen molar-refractivity contribution < 1.29 is 28.7 Å². The normalized spacial score (nSPS) is 14.3. The molecule has 1 aliphatic heterocycles. The molecule has 4 aromatic rings. The fourth-order valence-corrected chi connectivity index (χ4v) is 5.10. The van der Waals surface area contributed by atoms with E-state index < -0.39 is 11.0 Å². The summed E-state index contributed by atoms with van der Waals surface area (Å²) in [6, 6.07) is 26.0. The van der Waals surface area contributed by atoms with E-state index in [1.165, 1.54) is 53.5 Å². The predicted molar refractivity (Wildman–Crippen MR) is 161 cm³/mol. The van der Waals surface area contributed by atoms with Crippen LogP contribution < -0.4 is 19.1 Å². The van der Waals surface area contributed by atoms with Crippen molar-refractivity contribution in [2.45, 2.75) is 25.6 Å². The maximum absolute atomic E-state index is 13.8. The highest BCUT2D eigenvalue weighted by Crippen LogP contribution is 2.36. The van der Waals surface area contributed by atoms with Crippen molar-refractivity contribution in [3.63, 3.8) is 0 Å². The van der Waals surface area contributed by atoms with Gasteiger partial charge in [-0.1, -0.05) is 54.6 Å². The van der Waals surface area contributed by atoms with Crippen LogP contribution in [0.25, 0.3) is 0 Å². The van der Waals surface area contributed by atoms with Crippen LogP contribution in [0.3, 0.4) is 0 Å². The Hall–Kier alpha value is -5.22. The lowest BCUT2D eigenvalue weighted by molar-refractivity contribution is -0.384. The number of rotatable bonds is 10. The molecule has 0 saturated heterocycles. The third kappa shape index (κ3) is 6.82. The second-order valence-electron chi connectivity index (χ2n) is 10.2. The third-order valence-corrected chi connectivity index (χ3v) is 7.45. The molecule has 1 unspecified atom stereocenters. The molecule has 10 nitrogen and oxygen atoms in total. The van der Waals surface area contributed by atoms with Crippen molar-refractivity contribution >= 4 is 23.8 Å². The fourth-order valence-electron chi connectivity index (χ4n) is 5.10. The van der Waals surface area contributed by atoms with Crippen LogP contribution >= 0.6 is 0 Å². The average Bonchev–Trinajstić information content (AvgIpc) is 3.03. The van der Waals surface area contributed by atoms with Gasteiger partial charge in [-0.05, 0) is 48.4 Å². The largest absolute Gasteiger partial charge is 0.493 e. The van der Waals surface area contributed by atoms with E-state index in [1.54, 1.807) is 6.07 Å². The molecule has 0 aromatic heterocycles. The molecule has 0 bridgehead atoms. The van der Waals surface area contributed by atoms with E-state index in [1.807, 2.05) is 49.5 Å². The lowest BCUT2D eigenvalue weighted by Crippen LogP contribution is -2.48. The molecule has 43 heavy (non-hydrogen) atoms. The Bertz CT molecular complexity index is 1610. The molecule has 0 aliphatic carbocycles. The van der Waals surface area contributed by atoms with Gasteiger partial charge in [0.1, 0.15) is 12.4 Å². The van der Waals surface area contributed by atoms with Crippen LogP contribution in [0.15, 0.2) is 91.0 Å². The van der Waals surface area contributed by atoms with Gasteiger partial charge in [0.15, 0.2) is 17.8 Å². The lowest BCUT2D eigenvalue weighted by Gasteiger charge is -2.37. The molecular weight excluding hydrogens is 550 g/mol. The van der Waals surface area contributed by atoms with Crippen LogP contribution in [0, 0.1) is 10.1 Å². The monoisotopic (exact) mass is 581 g/mol. The van der Waals surface area contributed by atoms with Gasteiger partial charge in [-0.15, -0.1) is 0 Å². The van der Waals surface area contributed by atoms with Crippen LogP contribution in [-0.4, -0.2) is 48.9 Å². The smallest absolute Gasteiger partial charge is 0.419 e. The lowest BCUT2D eigenvalue weighted by atomic mass is 9.94. The van der Waals surface area contributed by atoms with Crippen LogP contribution in [0.4, 0.5) is 16.2 Å². The number of carbonyl (C=O) groups is 2. The van der Waals surface area contributed by atoms with Crippen molar-refractivity contribution in [3.05, 3.63) is 123 Å². The highest BCUT2D eigenvalue weighted by Gasteiger charge is 2.31. The highest BCUT2D eigenvalue weighted by atomic mass is 16.6. The van der Waals surface area contributed by atoms with Gasteiger partial charge in [-0.2, -0.15) is 0 Å². The summed E-state index contributed by atoms with van der Waals surface area (Å²) in [6.07, 6.45) is 0.589. The Morgan fingerprint density at radius 1 is 1.00 bits per heavy atom. The zero-order valence-corrected chi connectivity index (χ0v) is 23.8. The molecule has 1 heterocycles. The summed E-state index contributed by atoms with van der Waals surface area (Å²) in [5, 5.41) is 11.1. The zero-order chi connectivity index (χ0) is 30.3. The van der Waals surface area contributed by atoms with E-state index in [2.05, 4.69) is 17.0 Å². The number of amides is 1. The van der Waals surface area contributed by atoms with Gasteiger partial charge in [0.25, 0.3) is 5.69 Å². The van der Waals surface area contributed by atoms with E-state index in [9.17, 15) is 19.7 Å². The minimum Gasteiger partial charge on any atom is -0.493 e. The minimum absolute atomic E-state index is 0.102. The molecule has 4 aromatic carbocycles. The number of non-ortho nitro benzene ring substituents is 1. The summed E-state index contributed by atoms with van der Waals surface area (Å²) in [6.45, 7) is 1.13. The van der Waals surface area contributed by atoms with E-state index in [0.29, 0.717) is 30.8 Å². The zero-order valence-electron chi connectivity index (χ0n) is 23.8. The molecule has 10 heteroatoms. The van der Waals surface area contributed by atoms with Crippen molar-refractivity contribution in [2.24, 2.45) is 0 Å². The molecule has 1 aliphatic rings. The summed E-state index contributed by atoms with van der Waals surface area (Å²) in [7, 11) is 3.47. The molecule has 220 valence electrons. The Kier molecular flexibility index (Phi) is 8.97. The van der Waals surface area contributed by atoms with Gasteiger partial charge in [0, 0.05) is 42.9 Å². The van der Waals surface area contributed by atoms with E-state index >= 15 is 0 Å². The minimum atomic E-state index is -0.747. The first-order chi connectivity index (χ1) is 20.9. The number of hydrogen-bond donors (Lipinski definition) is 0. The van der Waals surface area contributed by atoms with Crippen molar-refractivity contribution in [2.75, 3.05) is 25.6 Å². The quantitative estimate of drug-likeness (QED) is 0.126. The van der Waals surface area contributed by atoms with Crippen molar-refractivity contribution in [1.82, 2.24) is 4.90 Å². The summed E-state index contributed by atoms with van der Waals surface area (Å²) in [4.78, 5) is 40.3. The number of carbonyl (C=O) groups excluding carboxylic acids is 2. The van der Waals surface area contributed by atoms with Crippen LogP contribution in [0.1, 0.15) is 27.0 Å². The first kappa shape index (κ1) is 29.3. The van der Waals surface area contributed by atoms with E-state index in [-0.39, 0.29) is 41.9 Å². The third-order valence-electron chi connectivity index (χ3n) is 7.45. The number of methoxy groups -OCH3 is 1. The molecule has 0 radical (unpaired) electrons. The van der Waals surface area contributed by atoms with Gasteiger partial charge >= 0.3 is 6.09 Å². The fraction of sp³-hybridized carbons (Fsp3) is 0.212. The van der Waals surface area contributed by atoms with Crippen LogP contribution in [0.2, 0.25) is 0 Å². The average molecular weight is 582 g/mol. The number of aldehydes is 1. The standard InChI is InChI=1S/C33H31N3O7/c1-34-19-25-11-7-6-10-24(25)16-28(34)20-35(33(38)43-29-14-12-27(13-15-29)36(39)40)30-18-32(31(41-2)17-26(30)21-37)42-22-23-8-4-3-5-9-23/h3-15,17-18,21,28H,16,19-20,22H2,1-2H3. The Morgan fingerprint density at radius 2 is 1.70 bits per heavy atom. The highest BCUT2D eigenvalue weighted by molar-refractivity contribution is 5.97. The Labute approximate surface area is 249 Å². The van der Waals surface area contributed by atoms with Gasteiger partial charge < -0.3 is 14.2 Å². The van der Waals surface area contributed by atoms with Gasteiger partial charge in [-0.25, -0.2) is 4.79 Å². The molecule has 0 N–H and O–H groups in total. The van der Waals surface area contributed by atoms with E-state index in [0.717, 1.165) is 5.56 Å². The number of nitro benzene ring substituents is 1. The van der Waals surface area contributed by atoms with Gasteiger partial charge in [-0.3, -0.25) is 24.7 Å². The van der Waals surface area contributed by atoms with E-state index in [4.69, 9.17) is 14.2 Å². The number of benzene rings is 4. The summed E-state index contributed by atoms with van der Waals surface area (Å²) in [5.74, 6) is 0.821.